The van der Waals surface area contributed by atoms with Gasteiger partial charge in [-0.3, -0.25) is 9.59 Å². The van der Waals surface area contributed by atoms with Crippen LogP contribution in [0.4, 0.5) is 11.4 Å². The Kier molecular flexibility index (Phi) is 5.67. The van der Waals surface area contributed by atoms with Gasteiger partial charge < -0.3 is 14.7 Å². The molecular formula is C27H24N4O3. The summed E-state index contributed by atoms with van der Waals surface area (Å²) >= 11 is 0. The molecule has 1 fully saturated rings. The molecule has 34 heavy (non-hydrogen) atoms. The summed E-state index contributed by atoms with van der Waals surface area (Å²) < 4.78 is 5.45. The largest absolute Gasteiger partial charge is 0.334 e. The van der Waals surface area contributed by atoms with Crippen LogP contribution in [-0.4, -0.2) is 28.5 Å². The van der Waals surface area contributed by atoms with Gasteiger partial charge in [-0.25, -0.2) is 0 Å². The average Bonchev–Trinajstić information content (AvgIpc) is 3.48. The van der Waals surface area contributed by atoms with Crippen LogP contribution in [-0.2, 0) is 9.59 Å². The van der Waals surface area contributed by atoms with E-state index in [1.165, 1.54) is 0 Å². The third kappa shape index (κ3) is 4.20. The van der Waals surface area contributed by atoms with Crippen molar-refractivity contribution < 1.29 is 14.1 Å². The van der Waals surface area contributed by atoms with Crippen molar-refractivity contribution in [2.45, 2.75) is 20.3 Å². The molecule has 5 rings (SSSR count). The fourth-order valence-corrected chi connectivity index (χ4v) is 4.20. The maximum absolute atomic E-state index is 12.8. The second kappa shape index (κ2) is 8.94. The summed E-state index contributed by atoms with van der Waals surface area (Å²) in [5.74, 6) is 0.336. The molecule has 1 aliphatic rings. The van der Waals surface area contributed by atoms with E-state index in [2.05, 4.69) is 15.5 Å². The van der Waals surface area contributed by atoms with Crippen LogP contribution in [0.15, 0.2) is 77.3 Å². The van der Waals surface area contributed by atoms with Gasteiger partial charge in [0.2, 0.25) is 17.6 Å². The van der Waals surface area contributed by atoms with Crippen LogP contribution < -0.4 is 10.2 Å². The lowest BCUT2D eigenvalue weighted by Crippen LogP contribution is -2.28. The molecule has 2 amide bonds. The van der Waals surface area contributed by atoms with Gasteiger partial charge in [0, 0.05) is 35.5 Å². The van der Waals surface area contributed by atoms with Crippen LogP contribution in [0.3, 0.4) is 0 Å². The Bertz CT molecular complexity index is 1360. The predicted octanol–water partition coefficient (Wildman–Crippen LogP) is 5.01. The minimum atomic E-state index is -0.403. The summed E-state index contributed by atoms with van der Waals surface area (Å²) in [5, 5.41) is 7.02. The Morgan fingerprint density at radius 2 is 1.68 bits per heavy atom. The molecule has 1 aromatic heterocycles. The molecule has 0 radical (unpaired) electrons. The number of para-hydroxylation sites is 1. The zero-order valence-corrected chi connectivity index (χ0v) is 19.0. The third-order valence-electron chi connectivity index (χ3n) is 6.11. The minimum absolute atomic E-state index is 0.0364. The molecule has 3 aromatic carbocycles. The van der Waals surface area contributed by atoms with Crippen LogP contribution in [0.2, 0.25) is 0 Å². The smallest absolute Gasteiger partial charge is 0.258 e. The lowest BCUT2D eigenvalue weighted by Gasteiger charge is -2.19. The normalized spacial score (nSPS) is 15.5. The Morgan fingerprint density at radius 1 is 0.971 bits per heavy atom. The van der Waals surface area contributed by atoms with E-state index in [-0.39, 0.29) is 18.2 Å². The number of carbonyl (C=O) groups excluding carboxylic acids is 2. The molecule has 170 valence electrons. The summed E-state index contributed by atoms with van der Waals surface area (Å²) in [5.41, 5.74) is 5.27. The summed E-state index contributed by atoms with van der Waals surface area (Å²) in [7, 11) is 0. The molecule has 0 spiro atoms. The van der Waals surface area contributed by atoms with Gasteiger partial charge in [0.05, 0.1) is 5.92 Å². The third-order valence-corrected chi connectivity index (χ3v) is 6.11. The molecule has 7 heteroatoms. The van der Waals surface area contributed by atoms with Crippen molar-refractivity contribution in [2.24, 2.45) is 5.92 Å². The van der Waals surface area contributed by atoms with Crippen molar-refractivity contribution in [1.29, 1.82) is 0 Å². The second-order valence-electron chi connectivity index (χ2n) is 8.50. The van der Waals surface area contributed by atoms with E-state index in [0.29, 0.717) is 23.9 Å². The number of hydrogen-bond acceptors (Lipinski definition) is 5. The molecule has 1 N–H and O–H groups in total. The molecular weight excluding hydrogens is 428 g/mol. The maximum Gasteiger partial charge on any atom is 0.258 e. The topological polar surface area (TPSA) is 88.3 Å². The molecule has 7 nitrogen and oxygen atoms in total. The summed E-state index contributed by atoms with van der Waals surface area (Å²) in [4.78, 5) is 31.6. The monoisotopic (exact) mass is 452 g/mol. The summed E-state index contributed by atoms with van der Waals surface area (Å²) in [6.07, 6.45) is 0.196. The predicted molar refractivity (Wildman–Crippen MR) is 130 cm³/mol. The Morgan fingerprint density at radius 3 is 2.41 bits per heavy atom. The first-order valence-electron chi connectivity index (χ1n) is 11.2. The van der Waals surface area contributed by atoms with Crippen molar-refractivity contribution in [2.75, 3.05) is 16.8 Å². The first-order chi connectivity index (χ1) is 16.5. The van der Waals surface area contributed by atoms with Crippen LogP contribution in [0.1, 0.15) is 17.5 Å². The first kappa shape index (κ1) is 21.6. The van der Waals surface area contributed by atoms with E-state index in [1.54, 1.807) is 17.0 Å². The number of hydrogen-bond donors (Lipinski definition) is 1. The minimum Gasteiger partial charge on any atom is -0.334 e. The Labute approximate surface area is 197 Å². The van der Waals surface area contributed by atoms with Gasteiger partial charge in [-0.2, -0.15) is 4.98 Å². The van der Waals surface area contributed by atoms with E-state index in [4.69, 9.17) is 4.52 Å². The number of amides is 2. The molecule has 0 unspecified atom stereocenters. The van der Waals surface area contributed by atoms with Crippen molar-refractivity contribution in [3.05, 3.63) is 83.9 Å². The van der Waals surface area contributed by atoms with Crippen LogP contribution >= 0.6 is 0 Å². The molecule has 1 atom stereocenters. The number of rotatable bonds is 5. The molecule has 0 saturated carbocycles. The lowest BCUT2D eigenvalue weighted by molar-refractivity contribution is -0.122. The zero-order valence-electron chi connectivity index (χ0n) is 19.0. The average molecular weight is 453 g/mol. The number of anilines is 2. The van der Waals surface area contributed by atoms with Gasteiger partial charge in [-0.15, -0.1) is 0 Å². The second-order valence-corrected chi connectivity index (χ2v) is 8.50. The summed E-state index contributed by atoms with van der Waals surface area (Å²) in [6.45, 7) is 4.34. The maximum atomic E-state index is 12.8. The fourth-order valence-electron chi connectivity index (χ4n) is 4.20. The van der Waals surface area contributed by atoms with Crippen molar-refractivity contribution in [3.63, 3.8) is 0 Å². The zero-order chi connectivity index (χ0) is 23.7. The first-order valence-corrected chi connectivity index (χ1v) is 11.2. The molecule has 0 aliphatic carbocycles. The van der Waals surface area contributed by atoms with Crippen molar-refractivity contribution in [1.82, 2.24) is 10.1 Å². The van der Waals surface area contributed by atoms with E-state index in [0.717, 1.165) is 27.9 Å². The fraction of sp³-hybridized carbons (Fsp3) is 0.185. The lowest BCUT2D eigenvalue weighted by atomic mass is 10.1. The van der Waals surface area contributed by atoms with E-state index in [9.17, 15) is 9.59 Å². The standard InChI is InChI=1S/C27H24N4O3/c1-17-7-3-5-9-22(17)25-29-27(34-30-25)19-11-13-21(14-12-19)28-26(33)20-15-24(32)31(16-20)23-10-6-4-8-18(23)2/h3-14,20H,15-16H2,1-2H3,(H,28,33)/t20-/m0/s1. The number of nitrogens with zero attached hydrogens (tertiary/aromatic N) is 3. The molecule has 1 saturated heterocycles. The highest BCUT2D eigenvalue weighted by molar-refractivity contribution is 6.03. The number of nitrogens with one attached hydrogen (secondary N) is 1. The molecule has 0 bridgehead atoms. The van der Waals surface area contributed by atoms with Gasteiger partial charge in [0.25, 0.3) is 5.89 Å². The van der Waals surface area contributed by atoms with E-state index < -0.39 is 5.92 Å². The quantitative estimate of drug-likeness (QED) is 0.460. The Balaban J connectivity index is 1.25. The number of carbonyl (C=O) groups is 2. The van der Waals surface area contributed by atoms with Crippen molar-refractivity contribution >= 4 is 23.2 Å². The number of aryl methyl sites for hydroxylation is 2. The highest BCUT2D eigenvalue weighted by atomic mass is 16.5. The van der Waals surface area contributed by atoms with E-state index >= 15 is 0 Å². The number of aromatic nitrogens is 2. The van der Waals surface area contributed by atoms with Gasteiger partial charge in [-0.1, -0.05) is 47.6 Å². The van der Waals surface area contributed by atoms with Gasteiger partial charge in [-0.05, 0) is 55.3 Å². The molecule has 1 aliphatic heterocycles. The van der Waals surface area contributed by atoms with Crippen molar-refractivity contribution in [3.8, 4) is 22.8 Å². The molecule has 2 heterocycles. The number of benzene rings is 3. The highest BCUT2D eigenvalue weighted by Gasteiger charge is 2.35. The van der Waals surface area contributed by atoms with Crippen LogP contribution in [0.25, 0.3) is 22.8 Å². The Hall–Kier alpha value is -4.26. The van der Waals surface area contributed by atoms with Gasteiger partial charge in [0.1, 0.15) is 0 Å². The summed E-state index contributed by atoms with van der Waals surface area (Å²) in [6, 6.07) is 22.8. The highest BCUT2D eigenvalue weighted by Crippen LogP contribution is 2.29. The van der Waals surface area contributed by atoms with Crippen LogP contribution in [0.5, 0.6) is 0 Å². The SMILES string of the molecule is Cc1ccccc1-c1noc(-c2ccc(NC(=O)[C@H]3CC(=O)N(c4ccccc4C)C3)cc2)n1. The van der Waals surface area contributed by atoms with Gasteiger partial charge >= 0.3 is 0 Å². The molecule has 4 aromatic rings. The van der Waals surface area contributed by atoms with E-state index in [1.807, 2.05) is 74.5 Å². The van der Waals surface area contributed by atoms with Gasteiger partial charge in [0.15, 0.2) is 0 Å². The van der Waals surface area contributed by atoms with Crippen LogP contribution in [0, 0.1) is 19.8 Å².